The van der Waals surface area contributed by atoms with Crippen molar-refractivity contribution in [1.82, 2.24) is 5.32 Å². The van der Waals surface area contributed by atoms with Gasteiger partial charge >= 0.3 is 11.9 Å². The molecule has 0 fully saturated rings. The first kappa shape index (κ1) is 28.7. The van der Waals surface area contributed by atoms with Crippen LogP contribution in [0.15, 0.2) is 58.9 Å². The Morgan fingerprint density at radius 2 is 1.48 bits per heavy atom. The van der Waals surface area contributed by atoms with Gasteiger partial charge in [0.25, 0.3) is 0 Å². The van der Waals surface area contributed by atoms with Gasteiger partial charge in [0.1, 0.15) is 0 Å². The molecule has 2 aromatic rings. The summed E-state index contributed by atoms with van der Waals surface area (Å²) in [5, 5.41) is 3.35. The first-order chi connectivity index (χ1) is 19.1. The number of nitrogens with one attached hydrogen (secondary N) is 1. The fourth-order valence-electron chi connectivity index (χ4n) is 5.37. The summed E-state index contributed by atoms with van der Waals surface area (Å²) in [7, 11) is 4.62. The molecular formula is C31H35NO8. The zero-order valence-electron chi connectivity index (χ0n) is 23.9. The Hall–Kier alpha value is -4.27. The van der Waals surface area contributed by atoms with E-state index in [2.05, 4.69) is 5.32 Å². The quantitative estimate of drug-likeness (QED) is 0.361. The van der Waals surface area contributed by atoms with Gasteiger partial charge in [-0.15, -0.1) is 0 Å². The van der Waals surface area contributed by atoms with Gasteiger partial charge in [-0.2, -0.15) is 0 Å². The zero-order chi connectivity index (χ0) is 29.1. The van der Waals surface area contributed by atoms with E-state index in [9.17, 15) is 14.4 Å². The van der Waals surface area contributed by atoms with Crippen molar-refractivity contribution >= 4 is 17.7 Å². The van der Waals surface area contributed by atoms with Crippen LogP contribution in [-0.2, 0) is 19.1 Å². The Labute approximate surface area is 234 Å². The third-order valence-corrected chi connectivity index (χ3v) is 7.04. The van der Waals surface area contributed by atoms with Gasteiger partial charge in [-0.3, -0.25) is 9.59 Å². The first-order valence-corrected chi connectivity index (χ1v) is 13.1. The third kappa shape index (κ3) is 5.68. The molecule has 1 N–H and O–H groups in total. The zero-order valence-corrected chi connectivity index (χ0v) is 23.9. The highest BCUT2D eigenvalue weighted by Crippen LogP contribution is 2.47. The van der Waals surface area contributed by atoms with E-state index >= 15 is 0 Å². The van der Waals surface area contributed by atoms with Crippen LogP contribution in [0.5, 0.6) is 23.0 Å². The number of methoxy groups -OCH3 is 3. The second kappa shape index (κ2) is 11.9. The summed E-state index contributed by atoms with van der Waals surface area (Å²) in [6.07, 6.45) is 0.460. The monoisotopic (exact) mass is 549 g/mol. The maximum atomic E-state index is 13.9. The van der Waals surface area contributed by atoms with Crippen LogP contribution in [0.2, 0.25) is 0 Å². The SMILES string of the molecule is COc1ccc([C@H]2CC(=O)C3=C(C2)NC(C)=C(C(=O)OC(C)C)[C@H]3c2ccc(OC(C)=O)c(OC)c2)cc1OC. The van der Waals surface area contributed by atoms with Crippen molar-refractivity contribution in [3.05, 3.63) is 70.1 Å². The Balaban J connectivity index is 1.81. The van der Waals surface area contributed by atoms with Crippen molar-refractivity contribution in [3.8, 4) is 23.0 Å². The van der Waals surface area contributed by atoms with Gasteiger partial charge in [0, 0.05) is 36.2 Å². The van der Waals surface area contributed by atoms with E-state index in [1.54, 1.807) is 46.3 Å². The number of hydrogen-bond donors (Lipinski definition) is 1. The number of rotatable bonds is 8. The lowest BCUT2D eigenvalue weighted by Crippen LogP contribution is -2.36. The van der Waals surface area contributed by atoms with Crippen molar-refractivity contribution in [1.29, 1.82) is 0 Å². The van der Waals surface area contributed by atoms with Crippen LogP contribution < -0.4 is 24.3 Å². The third-order valence-electron chi connectivity index (χ3n) is 7.04. The molecule has 9 heteroatoms. The van der Waals surface area contributed by atoms with E-state index in [1.807, 2.05) is 25.1 Å². The Bertz CT molecular complexity index is 1400. The van der Waals surface area contributed by atoms with Crippen LogP contribution in [0.25, 0.3) is 0 Å². The summed E-state index contributed by atoms with van der Waals surface area (Å²) in [6.45, 7) is 6.67. The van der Waals surface area contributed by atoms with Crippen LogP contribution >= 0.6 is 0 Å². The lowest BCUT2D eigenvalue weighted by molar-refractivity contribution is -0.143. The minimum absolute atomic E-state index is 0.0797. The number of allylic oxidation sites excluding steroid dienone is 3. The van der Waals surface area contributed by atoms with Crippen LogP contribution in [0.3, 0.4) is 0 Å². The van der Waals surface area contributed by atoms with Crippen LogP contribution in [0.4, 0.5) is 0 Å². The molecule has 0 spiro atoms. The maximum Gasteiger partial charge on any atom is 0.337 e. The Kier molecular flexibility index (Phi) is 8.52. The molecule has 1 aliphatic heterocycles. The van der Waals surface area contributed by atoms with Gasteiger partial charge in [-0.25, -0.2) is 4.79 Å². The number of esters is 2. The van der Waals surface area contributed by atoms with Crippen LogP contribution in [-0.4, -0.2) is 45.2 Å². The lowest BCUT2D eigenvalue weighted by atomic mass is 9.71. The summed E-state index contributed by atoms with van der Waals surface area (Å²) >= 11 is 0. The Morgan fingerprint density at radius 1 is 0.875 bits per heavy atom. The van der Waals surface area contributed by atoms with E-state index in [4.69, 9.17) is 23.7 Å². The number of carbonyl (C=O) groups is 3. The maximum absolute atomic E-state index is 13.9. The number of hydrogen-bond acceptors (Lipinski definition) is 9. The van der Waals surface area contributed by atoms with Gasteiger partial charge < -0.3 is 29.0 Å². The number of Topliss-reactive ketones (excluding diaryl/α,β-unsaturated/α-hetero) is 1. The van der Waals surface area contributed by atoms with E-state index in [-0.39, 0.29) is 30.0 Å². The molecule has 0 radical (unpaired) electrons. The lowest BCUT2D eigenvalue weighted by Gasteiger charge is -2.37. The highest BCUT2D eigenvalue weighted by Gasteiger charge is 2.42. The van der Waals surface area contributed by atoms with E-state index in [0.29, 0.717) is 46.1 Å². The van der Waals surface area contributed by atoms with Gasteiger partial charge in [0.05, 0.1) is 33.0 Å². The second-order valence-electron chi connectivity index (χ2n) is 10.1. The first-order valence-electron chi connectivity index (χ1n) is 13.1. The summed E-state index contributed by atoms with van der Waals surface area (Å²) in [6, 6.07) is 10.7. The number of carbonyl (C=O) groups excluding carboxylic acids is 3. The average molecular weight is 550 g/mol. The van der Waals surface area contributed by atoms with Crippen LogP contribution in [0, 0.1) is 0 Å². The highest BCUT2D eigenvalue weighted by molar-refractivity contribution is 6.04. The number of ketones is 1. The fraction of sp³-hybridized carbons (Fsp3) is 0.387. The van der Waals surface area contributed by atoms with E-state index in [1.165, 1.54) is 14.0 Å². The second-order valence-corrected chi connectivity index (χ2v) is 10.1. The van der Waals surface area contributed by atoms with E-state index < -0.39 is 17.9 Å². The van der Waals surface area contributed by atoms with Crippen molar-refractivity contribution in [2.24, 2.45) is 0 Å². The molecule has 4 rings (SSSR count). The smallest absolute Gasteiger partial charge is 0.337 e. The van der Waals surface area contributed by atoms with Crippen LogP contribution in [0.1, 0.15) is 63.5 Å². The number of benzene rings is 2. The molecule has 1 heterocycles. The molecule has 40 heavy (non-hydrogen) atoms. The molecule has 9 nitrogen and oxygen atoms in total. The van der Waals surface area contributed by atoms with Crippen molar-refractivity contribution in [3.63, 3.8) is 0 Å². The number of ether oxygens (including phenoxy) is 5. The fourth-order valence-corrected chi connectivity index (χ4v) is 5.37. The van der Waals surface area contributed by atoms with Gasteiger partial charge in [-0.1, -0.05) is 12.1 Å². The molecule has 0 saturated carbocycles. The average Bonchev–Trinajstić information content (AvgIpc) is 2.91. The molecule has 1 aliphatic carbocycles. The molecule has 0 bridgehead atoms. The molecule has 212 valence electrons. The minimum Gasteiger partial charge on any atom is -0.493 e. The minimum atomic E-state index is -0.693. The molecule has 2 aromatic carbocycles. The summed E-state index contributed by atoms with van der Waals surface area (Å²) in [5.41, 5.74) is 3.83. The summed E-state index contributed by atoms with van der Waals surface area (Å²) in [5.74, 6) is -0.0965. The predicted octanol–water partition coefficient (Wildman–Crippen LogP) is 4.95. The Morgan fingerprint density at radius 3 is 2.10 bits per heavy atom. The molecule has 0 aromatic heterocycles. The molecule has 2 aliphatic rings. The van der Waals surface area contributed by atoms with Crippen molar-refractivity contribution in [2.45, 2.75) is 58.5 Å². The normalized spacial score (nSPS) is 18.6. The molecule has 0 saturated heterocycles. The number of dihydropyridines is 1. The molecule has 0 amide bonds. The topological polar surface area (TPSA) is 109 Å². The highest BCUT2D eigenvalue weighted by atomic mass is 16.6. The molecule has 0 unspecified atom stereocenters. The van der Waals surface area contributed by atoms with Gasteiger partial charge in [0.2, 0.25) is 0 Å². The summed E-state index contributed by atoms with van der Waals surface area (Å²) < 4.78 is 27.2. The predicted molar refractivity (Wildman–Crippen MR) is 148 cm³/mol. The van der Waals surface area contributed by atoms with Gasteiger partial charge in [0.15, 0.2) is 28.8 Å². The van der Waals surface area contributed by atoms with Crippen molar-refractivity contribution < 1.29 is 38.1 Å². The standard InChI is InChI=1S/C31H35NO8/c1-16(2)39-31(35)28-17(3)32-22-12-21(19-8-10-24(36-5)26(14-19)37-6)13-23(34)30(22)29(28)20-9-11-25(40-18(4)33)27(15-20)38-7/h8-11,14-16,21,29,32H,12-13H2,1-7H3/t21-,29-/m1/s1. The largest absolute Gasteiger partial charge is 0.493 e. The van der Waals surface area contributed by atoms with E-state index in [0.717, 1.165) is 11.3 Å². The summed E-state index contributed by atoms with van der Waals surface area (Å²) in [4.78, 5) is 38.9. The molecule has 2 atom stereocenters. The van der Waals surface area contributed by atoms with Gasteiger partial charge in [-0.05, 0) is 68.5 Å². The molecular weight excluding hydrogens is 514 g/mol. The van der Waals surface area contributed by atoms with Crippen molar-refractivity contribution in [2.75, 3.05) is 21.3 Å².